The second kappa shape index (κ2) is 5.96. The Hall–Kier alpha value is -0.760. The Morgan fingerprint density at radius 1 is 1.27 bits per heavy atom. The molecule has 0 aromatic heterocycles. The molecule has 0 atom stereocenters. The lowest BCUT2D eigenvalue weighted by molar-refractivity contribution is -0.116. The number of rotatable bonds is 5. The van der Waals surface area contributed by atoms with Crippen molar-refractivity contribution in [3.05, 3.63) is 35.4 Å². The molecule has 0 aliphatic carbocycles. The molecule has 0 heterocycles. The van der Waals surface area contributed by atoms with Crippen molar-refractivity contribution in [1.29, 1.82) is 0 Å². The lowest BCUT2D eigenvalue weighted by Crippen LogP contribution is -2.07. The number of aryl methyl sites for hydroxylation is 1. The molecule has 0 N–H and O–H groups in total. The average molecular weight is 222 g/mol. The van der Waals surface area contributed by atoms with E-state index in [1.54, 1.807) is 11.8 Å². The predicted molar refractivity (Wildman–Crippen MR) is 67.5 cm³/mol. The Morgan fingerprint density at radius 2 is 1.87 bits per heavy atom. The van der Waals surface area contributed by atoms with Gasteiger partial charge in [-0.25, -0.2) is 0 Å². The number of hydrogen-bond acceptors (Lipinski definition) is 2. The van der Waals surface area contributed by atoms with Crippen LogP contribution < -0.4 is 0 Å². The molecule has 0 radical (unpaired) electrons. The smallest absolute Gasteiger partial charge is 0.147 e. The van der Waals surface area contributed by atoms with Crippen molar-refractivity contribution in [2.45, 2.75) is 32.4 Å². The van der Waals surface area contributed by atoms with Crippen LogP contribution in [0.2, 0.25) is 0 Å². The molecule has 0 saturated carbocycles. The summed E-state index contributed by atoms with van der Waals surface area (Å²) < 4.78 is 0. The number of carbonyl (C=O) groups is 1. The summed E-state index contributed by atoms with van der Waals surface area (Å²) >= 11 is 1.71. The first-order chi connectivity index (χ1) is 7.08. The van der Waals surface area contributed by atoms with Crippen LogP contribution in [0.1, 0.15) is 25.0 Å². The molecule has 1 aromatic rings. The number of ketones is 1. The van der Waals surface area contributed by atoms with Crippen LogP contribution in [-0.2, 0) is 11.2 Å². The molecule has 0 aliphatic rings. The number of benzene rings is 1. The minimum atomic E-state index is 0.317. The number of carbonyl (C=O) groups excluding carboxylic acids is 1. The SMILES string of the molecule is Cc1ccc(CC(=O)CSC(C)C)cc1. The van der Waals surface area contributed by atoms with E-state index in [0.29, 0.717) is 23.2 Å². The van der Waals surface area contributed by atoms with Gasteiger partial charge >= 0.3 is 0 Å². The van der Waals surface area contributed by atoms with Crippen molar-refractivity contribution in [2.75, 3.05) is 5.75 Å². The summed E-state index contributed by atoms with van der Waals surface area (Å²) in [6.45, 7) is 6.29. The average Bonchev–Trinajstić information content (AvgIpc) is 2.19. The summed E-state index contributed by atoms with van der Waals surface area (Å²) in [7, 11) is 0. The topological polar surface area (TPSA) is 17.1 Å². The molecule has 0 spiro atoms. The van der Waals surface area contributed by atoms with E-state index in [-0.39, 0.29) is 0 Å². The van der Waals surface area contributed by atoms with Crippen LogP contribution in [0.4, 0.5) is 0 Å². The van der Waals surface area contributed by atoms with E-state index in [1.807, 2.05) is 12.1 Å². The lowest BCUT2D eigenvalue weighted by atomic mass is 10.1. The Labute approximate surface area is 96.3 Å². The third-order valence-corrected chi connectivity index (χ3v) is 3.25. The molecule has 0 fully saturated rings. The first kappa shape index (κ1) is 12.3. The van der Waals surface area contributed by atoms with Crippen LogP contribution >= 0.6 is 11.8 Å². The maximum Gasteiger partial charge on any atom is 0.147 e. The third-order valence-electron chi connectivity index (χ3n) is 2.10. The second-order valence-electron chi connectivity index (χ2n) is 4.06. The fraction of sp³-hybridized carbons (Fsp3) is 0.462. The molecular weight excluding hydrogens is 204 g/mol. The van der Waals surface area contributed by atoms with Crippen LogP contribution in [0, 0.1) is 6.92 Å². The Morgan fingerprint density at radius 3 is 2.40 bits per heavy atom. The normalized spacial score (nSPS) is 10.7. The van der Waals surface area contributed by atoms with E-state index in [2.05, 4.69) is 32.9 Å². The van der Waals surface area contributed by atoms with Crippen molar-refractivity contribution in [3.63, 3.8) is 0 Å². The minimum absolute atomic E-state index is 0.317. The molecule has 1 nitrogen and oxygen atoms in total. The molecule has 1 rings (SSSR count). The summed E-state index contributed by atoms with van der Waals surface area (Å²) in [5.41, 5.74) is 2.36. The second-order valence-corrected chi connectivity index (χ2v) is 5.63. The molecule has 1 aromatic carbocycles. The first-order valence-corrected chi connectivity index (χ1v) is 6.31. The van der Waals surface area contributed by atoms with E-state index in [4.69, 9.17) is 0 Å². The number of thioether (sulfide) groups is 1. The Bertz CT molecular complexity index is 314. The first-order valence-electron chi connectivity index (χ1n) is 5.27. The quantitative estimate of drug-likeness (QED) is 0.760. The summed E-state index contributed by atoms with van der Waals surface area (Å²) in [4.78, 5) is 11.6. The maximum atomic E-state index is 11.6. The van der Waals surface area contributed by atoms with Gasteiger partial charge in [-0.1, -0.05) is 43.7 Å². The van der Waals surface area contributed by atoms with Crippen molar-refractivity contribution in [3.8, 4) is 0 Å². The highest BCUT2D eigenvalue weighted by Gasteiger charge is 2.05. The van der Waals surface area contributed by atoms with E-state index in [9.17, 15) is 4.79 Å². The molecule has 0 aliphatic heterocycles. The van der Waals surface area contributed by atoms with Gasteiger partial charge in [0.05, 0.1) is 5.75 Å². The molecule has 15 heavy (non-hydrogen) atoms. The van der Waals surface area contributed by atoms with Crippen molar-refractivity contribution in [2.24, 2.45) is 0 Å². The Balaban J connectivity index is 2.41. The maximum absolute atomic E-state index is 11.6. The van der Waals surface area contributed by atoms with E-state index in [0.717, 1.165) is 5.56 Å². The molecule has 0 bridgehead atoms. The monoisotopic (exact) mass is 222 g/mol. The zero-order chi connectivity index (χ0) is 11.3. The van der Waals surface area contributed by atoms with E-state index >= 15 is 0 Å². The van der Waals surface area contributed by atoms with Gasteiger partial charge in [-0.3, -0.25) is 4.79 Å². The number of hydrogen-bond donors (Lipinski definition) is 0. The molecule has 0 unspecified atom stereocenters. The lowest BCUT2D eigenvalue weighted by Gasteiger charge is -2.04. The molecule has 0 amide bonds. The van der Waals surface area contributed by atoms with Gasteiger partial charge in [0, 0.05) is 6.42 Å². The Kier molecular flexibility index (Phi) is 4.89. The van der Waals surface area contributed by atoms with Gasteiger partial charge in [0.15, 0.2) is 0 Å². The zero-order valence-electron chi connectivity index (χ0n) is 9.62. The minimum Gasteiger partial charge on any atom is -0.298 e. The van der Waals surface area contributed by atoms with Crippen LogP contribution in [0.3, 0.4) is 0 Å². The van der Waals surface area contributed by atoms with Gasteiger partial charge in [0.25, 0.3) is 0 Å². The van der Waals surface area contributed by atoms with Crippen LogP contribution in [0.5, 0.6) is 0 Å². The highest BCUT2D eigenvalue weighted by atomic mass is 32.2. The van der Waals surface area contributed by atoms with Crippen molar-refractivity contribution >= 4 is 17.5 Å². The molecule has 82 valence electrons. The van der Waals surface area contributed by atoms with Gasteiger partial charge in [0.1, 0.15) is 5.78 Å². The summed E-state index contributed by atoms with van der Waals surface area (Å²) in [6, 6.07) is 8.18. The van der Waals surface area contributed by atoms with Crippen LogP contribution in [0.25, 0.3) is 0 Å². The van der Waals surface area contributed by atoms with Gasteiger partial charge in [0.2, 0.25) is 0 Å². The molecule has 2 heteroatoms. The van der Waals surface area contributed by atoms with Crippen LogP contribution in [-0.4, -0.2) is 16.8 Å². The van der Waals surface area contributed by atoms with Crippen molar-refractivity contribution in [1.82, 2.24) is 0 Å². The van der Waals surface area contributed by atoms with Crippen molar-refractivity contribution < 1.29 is 4.79 Å². The zero-order valence-corrected chi connectivity index (χ0v) is 10.4. The highest BCUT2D eigenvalue weighted by Crippen LogP contribution is 2.11. The molecular formula is C13H18OS. The standard InChI is InChI=1S/C13H18OS/c1-10(2)15-9-13(14)8-12-6-4-11(3)5-7-12/h4-7,10H,8-9H2,1-3H3. The third kappa shape index (κ3) is 5.03. The summed E-state index contributed by atoms with van der Waals surface area (Å²) in [6.07, 6.45) is 0.569. The van der Waals surface area contributed by atoms with E-state index in [1.165, 1.54) is 5.56 Å². The van der Waals surface area contributed by atoms with Gasteiger partial charge < -0.3 is 0 Å². The van der Waals surface area contributed by atoms with Gasteiger partial charge in [-0.05, 0) is 17.7 Å². The largest absolute Gasteiger partial charge is 0.298 e. The van der Waals surface area contributed by atoms with E-state index < -0.39 is 0 Å². The predicted octanol–water partition coefficient (Wildman–Crippen LogP) is 3.25. The van der Waals surface area contributed by atoms with Gasteiger partial charge in [-0.15, -0.1) is 0 Å². The summed E-state index contributed by atoms with van der Waals surface area (Å²) in [5.74, 6) is 0.948. The van der Waals surface area contributed by atoms with Gasteiger partial charge in [-0.2, -0.15) is 11.8 Å². The number of Topliss-reactive ketones (excluding diaryl/α,β-unsaturated/α-hetero) is 1. The summed E-state index contributed by atoms with van der Waals surface area (Å²) in [5, 5.41) is 0.534. The van der Waals surface area contributed by atoms with Crippen LogP contribution in [0.15, 0.2) is 24.3 Å². The molecule has 0 saturated heterocycles. The highest BCUT2D eigenvalue weighted by molar-refractivity contribution is 8.00. The fourth-order valence-electron chi connectivity index (χ4n) is 1.24. The fourth-order valence-corrected chi connectivity index (χ4v) is 1.87.